The molecule has 0 aliphatic heterocycles. The summed E-state index contributed by atoms with van der Waals surface area (Å²) >= 11 is 0. The van der Waals surface area contributed by atoms with E-state index in [1.165, 1.54) is 5.56 Å². The Morgan fingerprint density at radius 3 is 2.86 bits per heavy atom. The van der Waals surface area contributed by atoms with Crippen LogP contribution in [0.25, 0.3) is 22.3 Å². The molecule has 2 aromatic heterocycles. The zero-order valence-corrected chi connectivity index (χ0v) is 12.3. The van der Waals surface area contributed by atoms with Gasteiger partial charge in [0.1, 0.15) is 5.82 Å². The van der Waals surface area contributed by atoms with Gasteiger partial charge in [-0.1, -0.05) is 18.2 Å². The maximum atomic E-state index is 5.58. The quantitative estimate of drug-likeness (QED) is 0.730. The highest BCUT2D eigenvalue weighted by Gasteiger charge is 2.11. The van der Waals surface area contributed by atoms with E-state index in [2.05, 4.69) is 39.7 Å². The fourth-order valence-corrected chi connectivity index (χ4v) is 2.67. The smallest absolute Gasteiger partial charge is 0.140 e. The van der Waals surface area contributed by atoms with E-state index >= 15 is 0 Å². The zero-order valence-electron chi connectivity index (χ0n) is 12.3. The number of benzene rings is 1. The molecule has 108 valence electrons. The molecule has 0 saturated carbocycles. The van der Waals surface area contributed by atoms with Crippen LogP contribution in [-0.2, 0) is 6.54 Å². The van der Waals surface area contributed by atoms with Crippen LogP contribution in [0.2, 0.25) is 0 Å². The van der Waals surface area contributed by atoms with Gasteiger partial charge in [0, 0.05) is 36.1 Å². The molecule has 0 spiro atoms. The van der Waals surface area contributed by atoms with Gasteiger partial charge in [-0.15, -0.1) is 0 Å². The van der Waals surface area contributed by atoms with Crippen molar-refractivity contribution in [3.8, 4) is 11.4 Å². The highest BCUT2D eigenvalue weighted by Crippen LogP contribution is 2.28. The maximum absolute atomic E-state index is 5.58. The second-order valence-electron chi connectivity index (χ2n) is 5.27. The molecule has 0 radical (unpaired) electrons. The number of nitrogens with zero attached hydrogens (tertiary/aromatic N) is 3. The predicted octanol–water partition coefficient (Wildman–Crippen LogP) is 3.15. The fraction of sp³-hybridized carbons (Fsp3) is 0.294. The first-order valence-electron chi connectivity index (χ1n) is 7.37. The number of pyridine rings is 1. The van der Waals surface area contributed by atoms with E-state index in [-0.39, 0.29) is 0 Å². The summed E-state index contributed by atoms with van der Waals surface area (Å²) in [5, 5.41) is 1.16. The van der Waals surface area contributed by atoms with Crippen LogP contribution in [0.3, 0.4) is 0 Å². The first-order valence-corrected chi connectivity index (χ1v) is 7.37. The Bertz CT molecular complexity index is 745. The molecule has 0 unspecified atom stereocenters. The lowest BCUT2D eigenvalue weighted by Gasteiger charge is -2.11. The van der Waals surface area contributed by atoms with Gasteiger partial charge in [-0.05, 0) is 37.9 Å². The number of nitrogens with two attached hydrogens (primary N) is 1. The number of hydrogen-bond donors (Lipinski definition) is 1. The summed E-state index contributed by atoms with van der Waals surface area (Å²) < 4.78 is 2.20. The lowest BCUT2D eigenvalue weighted by Crippen LogP contribution is -2.04. The van der Waals surface area contributed by atoms with Crippen molar-refractivity contribution in [2.75, 3.05) is 6.54 Å². The van der Waals surface area contributed by atoms with Crippen LogP contribution in [0, 0.1) is 6.92 Å². The number of aryl methyl sites for hydroxylation is 2. The summed E-state index contributed by atoms with van der Waals surface area (Å²) in [6, 6.07) is 8.35. The first-order chi connectivity index (χ1) is 10.3. The minimum atomic E-state index is 0.738. The van der Waals surface area contributed by atoms with Gasteiger partial charge in [-0.25, -0.2) is 4.98 Å². The molecule has 3 rings (SSSR count). The summed E-state index contributed by atoms with van der Waals surface area (Å²) in [6.45, 7) is 3.77. The van der Waals surface area contributed by atoms with Crippen LogP contribution in [0.15, 0.2) is 42.9 Å². The molecule has 2 heterocycles. The molecule has 0 amide bonds. The summed E-state index contributed by atoms with van der Waals surface area (Å²) in [4.78, 5) is 9.05. The van der Waals surface area contributed by atoms with Crippen molar-refractivity contribution in [1.82, 2.24) is 14.5 Å². The maximum Gasteiger partial charge on any atom is 0.140 e. The third-order valence-electron chi connectivity index (χ3n) is 3.78. The van der Waals surface area contributed by atoms with Gasteiger partial charge >= 0.3 is 0 Å². The number of imidazole rings is 1. The number of hydrogen-bond acceptors (Lipinski definition) is 3. The second kappa shape index (κ2) is 6.06. The average molecular weight is 280 g/mol. The molecule has 21 heavy (non-hydrogen) atoms. The Balaban J connectivity index is 2.05. The molecule has 4 heteroatoms. The van der Waals surface area contributed by atoms with Crippen molar-refractivity contribution in [3.63, 3.8) is 0 Å². The van der Waals surface area contributed by atoms with Crippen LogP contribution in [0.5, 0.6) is 0 Å². The van der Waals surface area contributed by atoms with E-state index in [1.807, 2.05) is 24.7 Å². The van der Waals surface area contributed by atoms with Crippen LogP contribution < -0.4 is 5.73 Å². The number of unbranched alkanes of at least 4 members (excludes halogenated alkanes) is 1. The van der Waals surface area contributed by atoms with Gasteiger partial charge in [0.05, 0.1) is 5.52 Å². The number of aromatic nitrogens is 3. The third-order valence-corrected chi connectivity index (χ3v) is 3.78. The highest BCUT2D eigenvalue weighted by atomic mass is 15.1. The number of rotatable bonds is 5. The molecule has 1 aromatic carbocycles. The first kappa shape index (κ1) is 13.8. The van der Waals surface area contributed by atoms with Gasteiger partial charge < -0.3 is 10.3 Å². The summed E-state index contributed by atoms with van der Waals surface area (Å²) in [7, 11) is 0. The van der Waals surface area contributed by atoms with Gasteiger partial charge in [-0.2, -0.15) is 0 Å². The molecule has 3 aromatic rings. The Morgan fingerprint density at radius 1 is 1.10 bits per heavy atom. The molecule has 2 N–H and O–H groups in total. The molecule has 0 aliphatic rings. The summed E-state index contributed by atoms with van der Waals surface area (Å²) in [5.74, 6) is 1.00. The minimum absolute atomic E-state index is 0.738. The normalized spacial score (nSPS) is 11.1. The second-order valence-corrected chi connectivity index (χ2v) is 5.27. The molecule has 4 nitrogen and oxygen atoms in total. The van der Waals surface area contributed by atoms with Gasteiger partial charge in [0.15, 0.2) is 0 Å². The van der Waals surface area contributed by atoms with E-state index in [1.54, 1.807) is 0 Å². The Kier molecular flexibility index (Phi) is 3.97. The highest BCUT2D eigenvalue weighted by molar-refractivity contribution is 5.94. The Hall–Kier alpha value is -2.20. The van der Waals surface area contributed by atoms with Crippen molar-refractivity contribution in [2.24, 2.45) is 5.73 Å². The summed E-state index contributed by atoms with van der Waals surface area (Å²) in [5.41, 5.74) is 8.95. The van der Waals surface area contributed by atoms with Crippen molar-refractivity contribution < 1.29 is 0 Å². The van der Waals surface area contributed by atoms with E-state index in [4.69, 9.17) is 5.73 Å². The van der Waals surface area contributed by atoms with Crippen LogP contribution in [-0.4, -0.2) is 21.1 Å². The predicted molar refractivity (Wildman–Crippen MR) is 86.0 cm³/mol. The topological polar surface area (TPSA) is 56.7 Å². The molecular weight excluding hydrogens is 260 g/mol. The SMILES string of the molecule is Cc1ccc(-c2nccn2CCCCN)c2cccnc12. The molecular formula is C17H20N4. The fourth-order valence-electron chi connectivity index (χ4n) is 2.67. The molecule has 0 saturated heterocycles. The van der Waals surface area contributed by atoms with Crippen molar-refractivity contribution in [1.29, 1.82) is 0 Å². The largest absolute Gasteiger partial charge is 0.331 e. The minimum Gasteiger partial charge on any atom is -0.331 e. The lowest BCUT2D eigenvalue weighted by molar-refractivity contribution is 0.619. The summed E-state index contributed by atoms with van der Waals surface area (Å²) in [6.07, 6.45) is 7.84. The molecule has 0 bridgehead atoms. The monoisotopic (exact) mass is 280 g/mol. The van der Waals surface area contributed by atoms with Gasteiger partial charge in [0.2, 0.25) is 0 Å². The van der Waals surface area contributed by atoms with Crippen LogP contribution in [0.4, 0.5) is 0 Å². The third kappa shape index (κ3) is 2.67. The Labute approximate surface area is 124 Å². The number of fused-ring (bicyclic) bond motifs is 1. The van der Waals surface area contributed by atoms with Gasteiger partial charge in [0.25, 0.3) is 0 Å². The van der Waals surface area contributed by atoms with E-state index in [0.29, 0.717) is 0 Å². The van der Waals surface area contributed by atoms with Crippen molar-refractivity contribution in [2.45, 2.75) is 26.3 Å². The molecule has 0 aliphatic carbocycles. The Morgan fingerprint density at radius 2 is 2.00 bits per heavy atom. The molecule has 0 fully saturated rings. The van der Waals surface area contributed by atoms with E-state index < -0.39 is 0 Å². The lowest BCUT2D eigenvalue weighted by atomic mass is 10.0. The standard InChI is InChI=1S/C17H20N4/c1-13-6-7-15(14-5-4-9-19-16(13)14)17-20-10-12-21(17)11-3-2-8-18/h4-7,9-10,12H,2-3,8,11,18H2,1H3. The molecule has 0 atom stereocenters. The van der Waals surface area contributed by atoms with Crippen LogP contribution in [0.1, 0.15) is 18.4 Å². The average Bonchev–Trinajstić information content (AvgIpc) is 2.97. The van der Waals surface area contributed by atoms with Gasteiger partial charge in [-0.3, -0.25) is 4.98 Å². The van der Waals surface area contributed by atoms with Crippen molar-refractivity contribution in [3.05, 3.63) is 48.4 Å². The van der Waals surface area contributed by atoms with Crippen LogP contribution >= 0.6 is 0 Å². The zero-order chi connectivity index (χ0) is 14.7. The van der Waals surface area contributed by atoms with Crippen molar-refractivity contribution >= 4 is 10.9 Å². The van der Waals surface area contributed by atoms with E-state index in [0.717, 1.165) is 48.2 Å². The van der Waals surface area contributed by atoms with E-state index in [9.17, 15) is 0 Å².